The van der Waals surface area contributed by atoms with Gasteiger partial charge in [0.15, 0.2) is 5.69 Å². The quantitative estimate of drug-likeness (QED) is 0.258. The van der Waals surface area contributed by atoms with E-state index in [1.807, 2.05) is 43.9 Å². The highest BCUT2D eigenvalue weighted by Gasteiger charge is 2.28. The molecule has 12 heteroatoms. The summed E-state index contributed by atoms with van der Waals surface area (Å²) >= 11 is 0. The van der Waals surface area contributed by atoms with Crippen molar-refractivity contribution in [2.24, 2.45) is 0 Å². The van der Waals surface area contributed by atoms with E-state index in [0.717, 1.165) is 35.6 Å². The van der Waals surface area contributed by atoms with Gasteiger partial charge in [-0.05, 0) is 75.3 Å². The Hall–Kier alpha value is -3.95. The number of benzene rings is 1. The molecule has 0 bridgehead atoms. The average Bonchev–Trinajstić information content (AvgIpc) is 3.42. The van der Waals surface area contributed by atoms with Crippen LogP contribution in [-0.2, 0) is 21.0 Å². The number of nitriles is 1. The third-order valence-electron chi connectivity index (χ3n) is 8.17. The molecule has 0 radical (unpaired) electrons. The molecule has 2 aromatic rings. The smallest absolute Gasteiger partial charge is 0.410 e. The summed E-state index contributed by atoms with van der Waals surface area (Å²) in [6, 6.07) is 9.03. The fourth-order valence-corrected chi connectivity index (χ4v) is 6.37. The van der Waals surface area contributed by atoms with Crippen LogP contribution in [0.15, 0.2) is 30.5 Å². The number of carbonyl (C=O) groups is 3. The number of anilines is 1. The molecule has 11 nitrogen and oxygen atoms in total. The summed E-state index contributed by atoms with van der Waals surface area (Å²) in [7, 11) is -1.29. The van der Waals surface area contributed by atoms with Gasteiger partial charge in [-0.1, -0.05) is 31.8 Å². The molecule has 1 aromatic heterocycles. The van der Waals surface area contributed by atoms with Crippen molar-refractivity contribution in [2.45, 2.75) is 90.9 Å². The molecule has 4 rings (SSSR count). The molecule has 0 spiro atoms. The van der Waals surface area contributed by atoms with Gasteiger partial charge in [0, 0.05) is 65.2 Å². The number of nitrogens with one attached hydrogen (secondary N) is 1. The van der Waals surface area contributed by atoms with Crippen LogP contribution in [0, 0.1) is 11.3 Å². The Kier molecular flexibility index (Phi) is 11.1. The third-order valence-corrected chi connectivity index (χ3v) is 9.88. The summed E-state index contributed by atoms with van der Waals surface area (Å²) in [5.74, 6) is -0.0227. The number of carbonyl (C=O) groups excluding carboxylic acids is 3. The number of rotatable bonds is 9. The summed E-state index contributed by atoms with van der Waals surface area (Å²) in [5.41, 5.74) is 2.95. The van der Waals surface area contributed by atoms with Crippen molar-refractivity contribution < 1.29 is 23.9 Å². The number of amides is 3. The summed E-state index contributed by atoms with van der Waals surface area (Å²) in [4.78, 5) is 46.5. The maximum absolute atomic E-state index is 13.7. The normalized spacial score (nSPS) is 16.1. The Morgan fingerprint density at radius 1 is 1.11 bits per heavy atom. The molecule has 3 amide bonds. The molecule has 248 valence electrons. The Morgan fingerprint density at radius 2 is 1.83 bits per heavy atom. The van der Waals surface area contributed by atoms with E-state index in [1.54, 1.807) is 16.4 Å². The standard InChI is InChI=1S/C34H48N6O5Si/c1-24(41)38-15-12-25(13-16-38)26-10-11-30(29(19-26)27-9-8-14-39(21-27)33(43)45-34(2,3)4)37-32(42)31-36-28(20-35)22-40(31)23-44-17-18-46(5,6)7/h9-11,19,22,25H,8,12-18,21,23H2,1-7H3,(H,37,42). The monoisotopic (exact) mass is 648 g/mol. The van der Waals surface area contributed by atoms with Crippen molar-refractivity contribution >= 4 is 37.2 Å². The van der Waals surface area contributed by atoms with Crippen LogP contribution in [0.2, 0.25) is 25.7 Å². The van der Waals surface area contributed by atoms with E-state index in [0.29, 0.717) is 44.9 Å². The van der Waals surface area contributed by atoms with Crippen molar-refractivity contribution in [2.75, 3.05) is 38.1 Å². The number of hydrogen-bond donors (Lipinski definition) is 1. The number of ether oxygens (including phenoxy) is 2. The highest BCUT2D eigenvalue weighted by molar-refractivity contribution is 6.76. The zero-order chi connectivity index (χ0) is 33.6. The summed E-state index contributed by atoms with van der Waals surface area (Å²) in [6.45, 7) is 16.9. The molecule has 0 aliphatic carbocycles. The van der Waals surface area contributed by atoms with Gasteiger partial charge in [0.1, 0.15) is 18.4 Å². The van der Waals surface area contributed by atoms with Crippen molar-refractivity contribution in [1.29, 1.82) is 5.26 Å². The lowest BCUT2D eigenvalue weighted by Gasteiger charge is -2.33. The highest BCUT2D eigenvalue weighted by Crippen LogP contribution is 2.35. The Labute approximate surface area is 273 Å². The first-order valence-corrected chi connectivity index (χ1v) is 19.8. The van der Waals surface area contributed by atoms with Gasteiger partial charge in [-0.2, -0.15) is 5.26 Å². The van der Waals surface area contributed by atoms with Crippen molar-refractivity contribution in [3.8, 4) is 6.07 Å². The molecule has 0 atom stereocenters. The van der Waals surface area contributed by atoms with E-state index < -0.39 is 19.6 Å². The molecule has 1 saturated heterocycles. The summed E-state index contributed by atoms with van der Waals surface area (Å²) in [5, 5.41) is 12.6. The third kappa shape index (κ3) is 9.53. The van der Waals surface area contributed by atoms with Crippen molar-refractivity contribution in [3.05, 3.63) is 53.1 Å². The number of likely N-dealkylation sites (tertiary alicyclic amines) is 1. The molecule has 1 aromatic carbocycles. The van der Waals surface area contributed by atoms with E-state index in [1.165, 1.54) is 6.20 Å². The van der Waals surface area contributed by atoms with Crippen LogP contribution in [0.25, 0.3) is 5.57 Å². The van der Waals surface area contributed by atoms with Crippen LogP contribution in [-0.4, -0.2) is 83.7 Å². The first-order chi connectivity index (χ1) is 21.6. The topological polar surface area (TPSA) is 130 Å². The fraction of sp³-hybridized carbons (Fsp3) is 0.559. The predicted molar refractivity (Wildman–Crippen MR) is 180 cm³/mol. The number of aromatic nitrogens is 2. The second-order valence-electron chi connectivity index (χ2n) is 14.3. The van der Waals surface area contributed by atoms with E-state index in [2.05, 4.69) is 42.1 Å². The molecule has 1 N–H and O–H groups in total. The van der Waals surface area contributed by atoms with Gasteiger partial charge in [-0.25, -0.2) is 9.78 Å². The van der Waals surface area contributed by atoms with Crippen LogP contribution < -0.4 is 5.32 Å². The minimum absolute atomic E-state index is 0.0872. The van der Waals surface area contributed by atoms with Gasteiger partial charge >= 0.3 is 6.09 Å². The van der Waals surface area contributed by atoms with E-state index in [4.69, 9.17) is 9.47 Å². The first-order valence-electron chi connectivity index (χ1n) is 16.1. The van der Waals surface area contributed by atoms with Crippen LogP contribution >= 0.6 is 0 Å². The minimum atomic E-state index is -1.29. The molecule has 0 unspecified atom stereocenters. The van der Waals surface area contributed by atoms with Gasteiger partial charge in [0.05, 0.1) is 0 Å². The average molecular weight is 649 g/mol. The van der Waals surface area contributed by atoms with Crippen molar-refractivity contribution in [3.63, 3.8) is 0 Å². The molecular formula is C34H48N6O5Si. The number of nitrogens with zero attached hydrogens (tertiary/aromatic N) is 5. The second kappa shape index (κ2) is 14.6. The molecule has 2 aliphatic heterocycles. The largest absolute Gasteiger partial charge is 0.444 e. The Bertz CT molecular complexity index is 1510. The fourth-order valence-electron chi connectivity index (χ4n) is 5.61. The van der Waals surface area contributed by atoms with Crippen LogP contribution in [0.5, 0.6) is 0 Å². The van der Waals surface area contributed by atoms with Gasteiger partial charge in [-0.3, -0.25) is 9.59 Å². The summed E-state index contributed by atoms with van der Waals surface area (Å²) in [6.07, 6.45) is 5.60. The lowest BCUT2D eigenvalue weighted by Crippen LogP contribution is -2.39. The van der Waals surface area contributed by atoms with Crippen molar-refractivity contribution in [1.82, 2.24) is 19.4 Å². The van der Waals surface area contributed by atoms with Gasteiger partial charge in [0.2, 0.25) is 11.7 Å². The minimum Gasteiger partial charge on any atom is -0.444 e. The van der Waals surface area contributed by atoms with Crippen LogP contribution in [0.3, 0.4) is 0 Å². The Balaban J connectivity index is 1.61. The van der Waals surface area contributed by atoms with Crippen LogP contribution in [0.1, 0.15) is 80.3 Å². The molecule has 2 aliphatic rings. The lowest BCUT2D eigenvalue weighted by atomic mass is 9.86. The van der Waals surface area contributed by atoms with E-state index in [-0.39, 0.29) is 36.2 Å². The van der Waals surface area contributed by atoms with Gasteiger partial charge in [-0.15, -0.1) is 0 Å². The maximum atomic E-state index is 13.7. The second-order valence-corrected chi connectivity index (χ2v) is 20.0. The van der Waals surface area contributed by atoms with Gasteiger partial charge < -0.3 is 29.2 Å². The number of hydrogen-bond acceptors (Lipinski definition) is 7. The first kappa shape index (κ1) is 34.9. The van der Waals surface area contributed by atoms with Gasteiger partial charge in [0.25, 0.3) is 5.91 Å². The number of imidazole rings is 1. The predicted octanol–water partition coefficient (Wildman–Crippen LogP) is 6.07. The van der Waals surface area contributed by atoms with E-state index in [9.17, 15) is 19.6 Å². The zero-order valence-electron chi connectivity index (χ0n) is 28.3. The molecule has 46 heavy (non-hydrogen) atoms. The molecule has 1 fully saturated rings. The zero-order valence-corrected chi connectivity index (χ0v) is 29.3. The highest BCUT2D eigenvalue weighted by atomic mass is 28.3. The van der Waals surface area contributed by atoms with E-state index >= 15 is 0 Å². The molecular weight excluding hydrogens is 600 g/mol. The Morgan fingerprint density at radius 3 is 2.46 bits per heavy atom. The van der Waals surface area contributed by atoms with Crippen LogP contribution in [0.4, 0.5) is 10.5 Å². The molecule has 3 heterocycles. The molecule has 0 saturated carbocycles. The maximum Gasteiger partial charge on any atom is 0.410 e. The number of piperidine rings is 1. The SMILES string of the molecule is CC(=O)N1CCC(c2ccc(NC(=O)c3nc(C#N)cn3COCC[Si](C)(C)C)c(C3=CCCN(C(=O)OC(C)(C)C)C3)c2)CC1. The summed E-state index contributed by atoms with van der Waals surface area (Å²) < 4.78 is 13.1. The lowest BCUT2D eigenvalue weighted by molar-refractivity contribution is -0.129.